The van der Waals surface area contributed by atoms with Crippen molar-refractivity contribution in [3.05, 3.63) is 30.1 Å². The number of hydrogen-bond donors (Lipinski definition) is 1. The molecule has 1 aromatic carbocycles. The van der Waals surface area contributed by atoms with Gasteiger partial charge in [0.25, 0.3) is 0 Å². The Morgan fingerprint density at radius 3 is 2.64 bits per heavy atom. The molecule has 1 fully saturated rings. The van der Waals surface area contributed by atoms with E-state index in [2.05, 4.69) is 5.32 Å². The fraction of sp³-hybridized carbons (Fsp3) is 0.429. The molecule has 22 heavy (non-hydrogen) atoms. The van der Waals surface area contributed by atoms with Crippen LogP contribution in [0.3, 0.4) is 0 Å². The molecular formula is C14H14F4N2O2. The van der Waals surface area contributed by atoms with Gasteiger partial charge in [0.05, 0.1) is 5.92 Å². The number of nitrogens with zero attached hydrogens (tertiary/aromatic N) is 1. The van der Waals surface area contributed by atoms with Crippen molar-refractivity contribution in [2.45, 2.75) is 19.0 Å². The minimum Gasteiger partial charge on any atom is -0.334 e. The van der Waals surface area contributed by atoms with E-state index in [1.807, 2.05) is 0 Å². The molecule has 0 bridgehead atoms. The molecule has 8 heteroatoms. The van der Waals surface area contributed by atoms with Crippen molar-refractivity contribution in [2.75, 3.05) is 18.4 Å². The number of rotatable bonds is 2. The molecule has 1 aliphatic rings. The fourth-order valence-electron chi connectivity index (χ4n) is 2.37. The van der Waals surface area contributed by atoms with Crippen molar-refractivity contribution in [1.29, 1.82) is 0 Å². The van der Waals surface area contributed by atoms with E-state index in [1.54, 1.807) is 0 Å². The van der Waals surface area contributed by atoms with Crippen molar-refractivity contribution in [3.63, 3.8) is 0 Å². The van der Waals surface area contributed by atoms with E-state index in [4.69, 9.17) is 0 Å². The fourth-order valence-corrected chi connectivity index (χ4v) is 2.37. The topological polar surface area (TPSA) is 49.4 Å². The maximum atomic E-state index is 13.0. The molecule has 1 N–H and O–H groups in total. The molecule has 1 saturated heterocycles. The third kappa shape index (κ3) is 3.96. The Morgan fingerprint density at radius 2 is 2.00 bits per heavy atom. The number of alkyl halides is 3. The summed E-state index contributed by atoms with van der Waals surface area (Å²) in [5.41, 5.74) is 0.226. The third-order valence-corrected chi connectivity index (χ3v) is 3.41. The minimum atomic E-state index is -4.94. The van der Waals surface area contributed by atoms with Gasteiger partial charge in [-0.15, -0.1) is 0 Å². The van der Waals surface area contributed by atoms with E-state index in [1.165, 1.54) is 18.2 Å². The van der Waals surface area contributed by atoms with Crippen LogP contribution in [-0.4, -0.2) is 36.0 Å². The summed E-state index contributed by atoms with van der Waals surface area (Å²) in [6.45, 7) is -0.318. The quantitative estimate of drug-likeness (QED) is 0.852. The van der Waals surface area contributed by atoms with Gasteiger partial charge in [-0.05, 0) is 31.0 Å². The summed E-state index contributed by atoms with van der Waals surface area (Å²) < 4.78 is 50.3. The molecular weight excluding hydrogens is 304 g/mol. The van der Waals surface area contributed by atoms with Gasteiger partial charge in [-0.25, -0.2) is 4.39 Å². The number of likely N-dealkylation sites (tertiary alicyclic amines) is 1. The number of nitrogens with one attached hydrogen (secondary N) is 1. The van der Waals surface area contributed by atoms with Gasteiger partial charge < -0.3 is 10.2 Å². The van der Waals surface area contributed by atoms with E-state index < -0.39 is 29.7 Å². The van der Waals surface area contributed by atoms with Crippen LogP contribution in [0.1, 0.15) is 12.8 Å². The van der Waals surface area contributed by atoms with E-state index in [0.29, 0.717) is 17.7 Å². The summed E-state index contributed by atoms with van der Waals surface area (Å²) in [5.74, 6) is -3.74. The normalized spacial score (nSPS) is 18.9. The van der Waals surface area contributed by atoms with Crippen molar-refractivity contribution in [1.82, 2.24) is 4.90 Å². The Kier molecular flexibility index (Phi) is 4.68. The predicted molar refractivity (Wildman–Crippen MR) is 70.4 cm³/mol. The number of carbonyl (C=O) groups excluding carboxylic acids is 2. The minimum absolute atomic E-state index is 0.0257. The van der Waals surface area contributed by atoms with Crippen LogP contribution in [0.15, 0.2) is 24.3 Å². The lowest BCUT2D eigenvalue weighted by Crippen LogP contribution is -2.48. The van der Waals surface area contributed by atoms with Gasteiger partial charge in [0, 0.05) is 18.8 Å². The number of carbonyl (C=O) groups is 2. The van der Waals surface area contributed by atoms with Crippen LogP contribution in [0.2, 0.25) is 0 Å². The molecule has 1 heterocycles. The van der Waals surface area contributed by atoms with Crippen molar-refractivity contribution in [3.8, 4) is 0 Å². The molecule has 0 spiro atoms. The van der Waals surface area contributed by atoms with Crippen LogP contribution in [-0.2, 0) is 9.59 Å². The molecule has 0 aromatic heterocycles. The summed E-state index contributed by atoms with van der Waals surface area (Å²) >= 11 is 0. The summed E-state index contributed by atoms with van der Waals surface area (Å²) in [5, 5.41) is 2.45. The number of halogens is 4. The Labute approximate surface area is 124 Å². The lowest BCUT2D eigenvalue weighted by molar-refractivity contribution is -0.187. The average molecular weight is 318 g/mol. The summed E-state index contributed by atoms with van der Waals surface area (Å²) in [4.78, 5) is 23.9. The summed E-state index contributed by atoms with van der Waals surface area (Å²) in [6, 6.07) is 5.20. The zero-order valence-corrected chi connectivity index (χ0v) is 11.5. The van der Waals surface area contributed by atoms with Crippen molar-refractivity contribution in [2.24, 2.45) is 5.92 Å². The molecule has 2 rings (SSSR count). The van der Waals surface area contributed by atoms with Crippen molar-refractivity contribution < 1.29 is 27.2 Å². The van der Waals surface area contributed by atoms with Crippen molar-refractivity contribution >= 4 is 17.5 Å². The number of amides is 2. The van der Waals surface area contributed by atoms with Gasteiger partial charge in [-0.1, -0.05) is 6.07 Å². The zero-order valence-electron chi connectivity index (χ0n) is 11.5. The van der Waals surface area contributed by atoms with Crippen LogP contribution < -0.4 is 5.32 Å². The summed E-state index contributed by atoms with van der Waals surface area (Å²) in [6.07, 6.45) is -4.26. The predicted octanol–water partition coefficient (Wildman–Crippen LogP) is 2.57. The van der Waals surface area contributed by atoms with Gasteiger partial charge in [0.1, 0.15) is 5.82 Å². The van der Waals surface area contributed by atoms with Gasteiger partial charge in [0.2, 0.25) is 5.91 Å². The molecule has 0 radical (unpaired) electrons. The monoisotopic (exact) mass is 318 g/mol. The van der Waals surface area contributed by atoms with E-state index in [0.717, 1.165) is 6.07 Å². The highest BCUT2D eigenvalue weighted by atomic mass is 19.4. The Hall–Kier alpha value is -2.12. The van der Waals surface area contributed by atoms with E-state index >= 15 is 0 Å². The average Bonchev–Trinajstić information content (AvgIpc) is 2.45. The first-order valence-corrected chi connectivity index (χ1v) is 6.70. The van der Waals surface area contributed by atoms with Gasteiger partial charge in [-0.2, -0.15) is 13.2 Å². The molecule has 2 amide bonds. The zero-order chi connectivity index (χ0) is 16.3. The van der Waals surface area contributed by atoms with Gasteiger partial charge in [-0.3, -0.25) is 9.59 Å². The van der Waals surface area contributed by atoms with E-state index in [-0.39, 0.29) is 18.8 Å². The summed E-state index contributed by atoms with van der Waals surface area (Å²) in [7, 11) is 0. The molecule has 1 aromatic rings. The molecule has 0 aliphatic carbocycles. The van der Waals surface area contributed by atoms with E-state index in [9.17, 15) is 27.2 Å². The highest BCUT2D eigenvalue weighted by Gasteiger charge is 2.44. The second-order valence-corrected chi connectivity index (χ2v) is 5.09. The van der Waals surface area contributed by atoms with Crippen LogP contribution in [0.5, 0.6) is 0 Å². The molecule has 0 saturated carbocycles. The number of piperidine rings is 1. The maximum absolute atomic E-state index is 13.0. The SMILES string of the molecule is O=C(Nc1cccc(F)c1)C1CCCN(C(=O)C(F)(F)F)C1. The number of benzene rings is 1. The Bertz CT molecular complexity index is 574. The number of hydrogen-bond acceptors (Lipinski definition) is 2. The molecule has 120 valence electrons. The van der Waals surface area contributed by atoms with Crippen LogP contribution in [0.4, 0.5) is 23.2 Å². The van der Waals surface area contributed by atoms with Gasteiger partial charge in [0.15, 0.2) is 0 Å². The molecule has 1 unspecified atom stereocenters. The Balaban J connectivity index is 2.00. The lowest BCUT2D eigenvalue weighted by atomic mass is 9.97. The van der Waals surface area contributed by atoms with Crippen LogP contribution >= 0.6 is 0 Å². The largest absolute Gasteiger partial charge is 0.471 e. The first-order chi connectivity index (χ1) is 10.3. The molecule has 1 atom stereocenters. The maximum Gasteiger partial charge on any atom is 0.471 e. The number of anilines is 1. The standard InChI is InChI=1S/C14H14F4N2O2/c15-10-4-1-5-11(7-10)19-12(21)9-3-2-6-20(8-9)13(22)14(16,17)18/h1,4-5,7,9H,2-3,6,8H2,(H,19,21). The first kappa shape index (κ1) is 16.3. The lowest BCUT2D eigenvalue weighted by Gasteiger charge is -2.32. The van der Waals surface area contributed by atoms with Crippen LogP contribution in [0, 0.1) is 11.7 Å². The molecule has 1 aliphatic heterocycles. The van der Waals surface area contributed by atoms with Gasteiger partial charge >= 0.3 is 12.1 Å². The second kappa shape index (κ2) is 6.33. The highest BCUT2D eigenvalue weighted by molar-refractivity contribution is 5.93. The van der Waals surface area contributed by atoms with Crippen LogP contribution in [0.25, 0.3) is 0 Å². The third-order valence-electron chi connectivity index (χ3n) is 3.41. The Morgan fingerprint density at radius 1 is 1.27 bits per heavy atom. The smallest absolute Gasteiger partial charge is 0.334 e. The first-order valence-electron chi connectivity index (χ1n) is 6.70. The molecule has 4 nitrogen and oxygen atoms in total. The second-order valence-electron chi connectivity index (χ2n) is 5.09. The highest BCUT2D eigenvalue weighted by Crippen LogP contribution is 2.24.